The molecule has 1 rings (SSSR count). The van der Waals surface area contributed by atoms with Gasteiger partial charge in [-0.15, -0.1) is 0 Å². The molecule has 0 spiro atoms. The summed E-state index contributed by atoms with van der Waals surface area (Å²) < 4.78 is 23.4. The van der Waals surface area contributed by atoms with Gasteiger partial charge in [-0.2, -0.15) is 0 Å². The van der Waals surface area contributed by atoms with Crippen LogP contribution in [0.4, 0.5) is 4.39 Å². The molecule has 0 aliphatic carbocycles. The van der Waals surface area contributed by atoms with Crippen LogP contribution in [0.2, 0.25) is 0 Å². The van der Waals surface area contributed by atoms with Crippen molar-refractivity contribution < 1.29 is 18.7 Å². The molecule has 0 aliphatic rings. The van der Waals surface area contributed by atoms with Gasteiger partial charge in [0.1, 0.15) is 5.54 Å². The van der Waals surface area contributed by atoms with Crippen LogP contribution in [-0.4, -0.2) is 33.3 Å². The predicted molar refractivity (Wildman–Crippen MR) is 74.3 cm³/mol. The van der Waals surface area contributed by atoms with Crippen LogP contribution < -0.4 is 10.1 Å². The first kappa shape index (κ1) is 16.7. The largest absolute Gasteiger partial charge is 0.494 e. The molecule has 0 amide bonds. The van der Waals surface area contributed by atoms with Crippen molar-refractivity contribution in [3.05, 3.63) is 40.0 Å². The van der Waals surface area contributed by atoms with Crippen molar-refractivity contribution in [2.75, 3.05) is 27.3 Å². The fourth-order valence-electron chi connectivity index (χ4n) is 1.87. The Labute approximate surface area is 121 Å². The van der Waals surface area contributed by atoms with Crippen LogP contribution in [0.3, 0.4) is 0 Å². The van der Waals surface area contributed by atoms with Crippen molar-refractivity contribution in [1.82, 2.24) is 5.32 Å². The molecule has 8 heteroatoms. The molecule has 7 nitrogen and oxygen atoms in total. The number of rotatable bonds is 7. The SMILES string of the molecule is COC(=O)C(C)(NCCN=[N+]=[N-])c1ccc(OC)c(F)c1. The van der Waals surface area contributed by atoms with Crippen molar-refractivity contribution in [1.29, 1.82) is 0 Å². The lowest BCUT2D eigenvalue weighted by Crippen LogP contribution is -2.48. The van der Waals surface area contributed by atoms with E-state index >= 15 is 0 Å². The van der Waals surface area contributed by atoms with Crippen molar-refractivity contribution >= 4 is 5.97 Å². The highest BCUT2D eigenvalue weighted by Crippen LogP contribution is 2.27. The topological polar surface area (TPSA) is 96.3 Å². The molecule has 1 aromatic rings. The van der Waals surface area contributed by atoms with E-state index in [1.807, 2.05) is 0 Å². The molecule has 1 aromatic carbocycles. The normalized spacial score (nSPS) is 13.0. The first-order valence-electron chi connectivity index (χ1n) is 6.18. The zero-order chi connectivity index (χ0) is 15.9. The van der Waals surface area contributed by atoms with Gasteiger partial charge in [0.25, 0.3) is 0 Å². The second-order valence-electron chi connectivity index (χ2n) is 4.35. The minimum absolute atomic E-state index is 0.0834. The standard InChI is InChI=1S/C13H17FN4O3/c1-13(12(19)21-3,16-6-7-17-18-15)9-4-5-11(20-2)10(14)8-9/h4-5,8,16H,6-7H2,1-3H3. The molecule has 0 heterocycles. The summed E-state index contributed by atoms with van der Waals surface area (Å²) in [5, 5.41) is 6.29. The number of carbonyl (C=O) groups is 1. The highest BCUT2D eigenvalue weighted by molar-refractivity contribution is 5.82. The van der Waals surface area contributed by atoms with E-state index in [9.17, 15) is 9.18 Å². The Morgan fingerprint density at radius 2 is 2.24 bits per heavy atom. The van der Waals surface area contributed by atoms with Gasteiger partial charge in [-0.1, -0.05) is 11.2 Å². The average molecular weight is 296 g/mol. The van der Waals surface area contributed by atoms with Crippen LogP contribution in [0.15, 0.2) is 23.3 Å². The van der Waals surface area contributed by atoms with Gasteiger partial charge < -0.3 is 9.47 Å². The Bertz CT molecular complexity index is 560. The van der Waals surface area contributed by atoms with Crippen LogP contribution in [0.25, 0.3) is 10.4 Å². The van der Waals surface area contributed by atoms with Crippen molar-refractivity contribution in [2.24, 2.45) is 5.11 Å². The second kappa shape index (κ2) is 7.47. The number of esters is 1. The Morgan fingerprint density at radius 3 is 2.76 bits per heavy atom. The van der Waals surface area contributed by atoms with Gasteiger partial charge in [-0.3, -0.25) is 5.32 Å². The van der Waals surface area contributed by atoms with E-state index in [2.05, 4.69) is 15.3 Å². The molecule has 1 N–H and O–H groups in total. The van der Waals surface area contributed by atoms with Gasteiger partial charge in [-0.05, 0) is 30.2 Å². The molecule has 114 valence electrons. The molecule has 0 aliphatic heterocycles. The summed E-state index contributed by atoms with van der Waals surface area (Å²) in [5.74, 6) is -1.07. The lowest BCUT2D eigenvalue weighted by Gasteiger charge is -2.28. The molecule has 0 saturated heterocycles. The fourth-order valence-corrected chi connectivity index (χ4v) is 1.87. The Hall–Kier alpha value is -2.31. The summed E-state index contributed by atoms with van der Waals surface area (Å²) in [6, 6.07) is 4.21. The lowest BCUT2D eigenvalue weighted by atomic mass is 9.91. The smallest absolute Gasteiger partial charge is 0.330 e. The zero-order valence-electron chi connectivity index (χ0n) is 12.1. The lowest BCUT2D eigenvalue weighted by molar-refractivity contribution is -0.148. The minimum Gasteiger partial charge on any atom is -0.494 e. The molecular weight excluding hydrogens is 279 g/mol. The van der Waals surface area contributed by atoms with Crippen molar-refractivity contribution in [3.63, 3.8) is 0 Å². The van der Waals surface area contributed by atoms with Crippen molar-refractivity contribution in [2.45, 2.75) is 12.5 Å². The Kier molecular flexibility index (Phi) is 5.95. The maximum Gasteiger partial charge on any atom is 0.330 e. The summed E-state index contributed by atoms with van der Waals surface area (Å²) >= 11 is 0. The molecule has 0 saturated carbocycles. The van der Waals surface area contributed by atoms with E-state index in [1.165, 1.54) is 26.4 Å². The number of halogens is 1. The van der Waals surface area contributed by atoms with Crippen LogP contribution in [0, 0.1) is 5.82 Å². The summed E-state index contributed by atoms with van der Waals surface area (Å²) in [5.41, 5.74) is 7.36. The number of benzene rings is 1. The zero-order valence-corrected chi connectivity index (χ0v) is 12.1. The first-order valence-corrected chi connectivity index (χ1v) is 6.18. The maximum atomic E-state index is 13.8. The van der Waals surface area contributed by atoms with Gasteiger partial charge in [0.15, 0.2) is 11.6 Å². The summed E-state index contributed by atoms with van der Waals surface area (Å²) in [6.07, 6.45) is 0. The Morgan fingerprint density at radius 1 is 1.52 bits per heavy atom. The number of azide groups is 1. The third-order valence-electron chi connectivity index (χ3n) is 3.08. The Balaban J connectivity index is 3.08. The number of carbonyl (C=O) groups excluding carboxylic acids is 1. The van der Waals surface area contributed by atoms with E-state index in [0.29, 0.717) is 5.56 Å². The summed E-state index contributed by atoms with van der Waals surface area (Å²) in [4.78, 5) is 14.6. The summed E-state index contributed by atoms with van der Waals surface area (Å²) in [7, 11) is 2.60. The molecule has 0 aromatic heterocycles. The minimum atomic E-state index is -1.26. The molecule has 0 bridgehead atoms. The third-order valence-corrected chi connectivity index (χ3v) is 3.08. The van der Waals surface area contributed by atoms with Crippen molar-refractivity contribution in [3.8, 4) is 5.75 Å². The first-order chi connectivity index (χ1) is 9.99. The number of hydrogen-bond acceptors (Lipinski definition) is 5. The maximum absolute atomic E-state index is 13.8. The predicted octanol–water partition coefficient (Wildman–Crippen LogP) is 2.12. The van der Waals surface area contributed by atoms with E-state index in [4.69, 9.17) is 15.0 Å². The van der Waals surface area contributed by atoms with Crippen LogP contribution in [-0.2, 0) is 15.1 Å². The third kappa shape index (κ3) is 3.84. The quantitative estimate of drug-likeness (QED) is 0.274. The number of nitrogens with one attached hydrogen (secondary N) is 1. The second-order valence-corrected chi connectivity index (χ2v) is 4.35. The molecule has 1 atom stereocenters. The number of methoxy groups -OCH3 is 2. The van der Waals surface area contributed by atoms with Crippen LogP contribution >= 0.6 is 0 Å². The van der Waals surface area contributed by atoms with E-state index in [-0.39, 0.29) is 18.8 Å². The molecule has 1 unspecified atom stereocenters. The number of ether oxygens (including phenoxy) is 2. The number of nitrogens with zero attached hydrogens (tertiary/aromatic N) is 3. The molecule has 0 radical (unpaired) electrons. The average Bonchev–Trinajstić information content (AvgIpc) is 2.50. The molecule has 21 heavy (non-hydrogen) atoms. The number of hydrogen-bond donors (Lipinski definition) is 1. The van der Waals surface area contributed by atoms with E-state index < -0.39 is 17.3 Å². The van der Waals surface area contributed by atoms with Gasteiger partial charge in [0.2, 0.25) is 0 Å². The molecule has 0 fully saturated rings. The highest BCUT2D eigenvalue weighted by Gasteiger charge is 2.36. The van der Waals surface area contributed by atoms with Gasteiger partial charge in [-0.25, -0.2) is 9.18 Å². The van der Waals surface area contributed by atoms with Crippen LogP contribution in [0.5, 0.6) is 5.75 Å². The molecular formula is C13H17FN4O3. The van der Waals surface area contributed by atoms with Gasteiger partial charge in [0.05, 0.1) is 14.2 Å². The highest BCUT2D eigenvalue weighted by atomic mass is 19.1. The van der Waals surface area contributed by atoms with E-state index in [1.54, 1.807) is 13.0 Å². The van der Waals surface area contributed by atoms with Gasteiger partial charge in [0, 0.05) is 18.0 Å². The summed E-state index contributed by atoms with van der Waals surface area (Å²) in [6.45, 7) is 1.96. The van der Waals surface area contributed by atoms with Crippen LogP contribution in [0.1, 0.15) is 12.5 Å². The fraction of sp³-hybridized carbons (Fsp3) is 0.462. The monoisotopic (exact) mass is 296 g/mol. The van der Waals surface area contributed by atoms with E-state index in [0.717, 1.165) is 0 Å². The van der Waals surface area contributed by atoms with Gasteiger partial charge >= 0.3 is 5.97 Å².